The Bertz CT molecular complexity index is 473. The number of aliphatic imine (C=N–C) groups is 1. The predicted molar refractivity (Wildman–Crippen MR) is 75.7 cm³/mol. The molecule has 0 spiro atoms. The van der Waals surface area contributed by atoms with Crippen LogP contribution in [-0.2, 0) is 0 Å². The molecule has 1 N–H and O–H groups in total. The van der Waals surface area contributed by atoms with Gasteiger partial charge in [-0.05, 0) is 24.1 Å². The minimum absolute atomic E-state index is 0.179. The molecule has 0 amide bonds. The third-order valence-electron chi connectivity index (χ3n) is 2.92. The van der Waals surface area contributed by atoms with Gasteiger partial charge >= 0.3 is 0 Å². The highest BCUT2D eigenvalue weighted by Crippen LogP contribution is 2.16. The normalized spacial score (nSPS) is 16.7. The standard InChI is InChI=1S/C14H16ClN3/c1-3-13(11-5-7-12(15)8-6-11)17-14-16-9-4-10-18(14)2/h1,5-8,13H,4,9-10H2,2H3,(H,16,17). The van der Waals surface area contributed by atoms with Crippen molar-refractivity contribution in [3.63, 3.8) is 0 Å². The van der Waals surface area contributed by atoms with Gasteiger partial charge in [-0.2, -0.15) is 0 Å². The van der Waals surface area contributed by atoms with E-state index in [1.165, 1.54) is 0 Å². The van der Waals surface area contributed by atoms with Gasteiger partial charge in [0.05, 0.1) is 0 Å². The first-order valence-corrected chi connectivity index (χ1v) is 6.32. The van der Waals surface area contributed by atoms with Crippen molar-refractivity contribution in [2.75, 3.05) is 20.1 Å². The van der Waals surface area contributed by atoms with Crippen LogP contribution in [0.15, 0.2) is 29.3 Å². The summed E-state index contributed by atoms with van der Waals surface area (Å²) in [4.78, 5) is 6.54. The van der Waals surface area contributed by atoms with E-state index in [0.717, 1.165) is 31.0 Å². The molecular formula is C14H16ClN3. The van der Waals surface area contributed by atoms with E-state index >= 15 is 0 Å². The van der Waals surface area contributed by atoms with E-state index in [0.29, 0.717) is 5.02 Å². The predicted octanol–water partition coefficient (Wildman–Crippen LogP) is 2.30. The molecule has 1 aliphatic heterocycles. The van der Waals surface area contributed by atoms with Crippen LogP contribution in [0, 0.1) is 12.3 Å². The maximum atomic E-state index is 5.87. The molecule has 0 saturated heterocycles. The van der Waals surface area contributed by atoms with Crippen LogP contribution < -0.4 is 5.32 Å². The van der Waals surface area contributed by atoms with Crippen molar-refractivity contribution in [1.82, 2.24) is 10.2 Å². The largest absolute Gasteiger partial charge is 0.346 e. The number of guanidine groups is 1. The molecule has 1 aromatic carbocycles. The van der Waals surface area contributed by atoms with Crippen LogP contribution >= 0.6 is 11.6 Å². The average Bonchev–Trinajstić information content (AvgIpc) is 2.39. The summed E-state index contributed by atoms with van der Waals surface area (Å²) in [5.74, 6) is 3.60. The van der Waals surface area contributed by atoms with Gasteiger partial charge in [0.25, 0.3) is 0 Å². The van der Waals surface area contributed by atoms with E-state index in [9.17, 15) is 0 Å². The highest BCUT2D eigenvalue weighted by Gasteiger charge is 2.15. The van der Waals surface area contributed by atoms with Crippen molar-refractivity contribution in [2.24, 2.45) is 4.99 Å². The fraction of sp³-hybridized carbons (Fsp3) is 0.357. The van der Waals surface area contributed by atoms with Crippen LogP contribution in [-0.4, -0.2) is 31.0 Å². The zero-order chi connectivity index (χ0) is 13.0. The number of terminal acetylenes is 1. The summed E-state index contributed by atoms with van der Waals surface area (Å²) < 4.78 is 0. The summed E-state index contributed by atoms with van der Waals surface area (Å²) in [6.45, 7) is 1.86. The number of benzene rings is 1. The molecule has 0 radical (unpaired) electrons. The highest BCUT2D eigenvalue weighted by atomic mass is 35.5. The lowest BCUT2D eigenvalue weighted by Crippen LogP contribution is -2.43. The summed E-state index contributed by atoms with van der Waals surface area (Å²) >= 11 is 5.87. The number of nitrogens with one attached hydrogen (secondary N) is 1. The molecule has 4 heteroatoms. The van der Waals surface area contributed by atoms with Crippen molar-refractivity contribution in [3.8, 4) is 12.3 Å². The van der Waals surface area contributed by atoms with Gasteiger partial charge in [-0.3, -0.25) is 4.99 Å². The van der Waals surface area contributed by atoms with Crippen molar-refractivity contribution < 1.29 is 0 Å². The van der Waals surface area contributed by atoms with E-state index < -0.39 is 0 Å². The molecule has 0 fully saturated rings. The first-order chi connectivity index (χ1) is 8.70. The summed E-state index contributed by atoms with van der Waals surface area (Å²) in [6, 6.07) is 7.37. The van der Waals surface area contributed by atoms with Crippen LogP contribution in [0.1, 0.15) is 18.0 Å². The van der Waals surface area contributed by atoms with Gasteiger partial charge in [-0.1, -0.05) is 29.7 Å². The second-order valence-electron chi connectivity index (χ2n) is 4.28. The molecule has 94 valence electrons. The molecule has 0 aromatic heterocycles. The molecule has 2 rings (SSSR count). The van der Waals surface area contributed by atoms with Crippen molar-refractivity contribution in [2.45, 2.75) is 12.5 Å². The van der Waals surface area contributed by atoms with Gasteiger partial charge in [0.2, 0.25) is 0 Å². The summed E-state index contributed by atoms with van der Waals surface area (Å²) in [6.07, 6.45) is 6.67. The fourth-order valence-corrected chi connectivity index (χ4v) is 2.01. The molecule has 3 nitrogen and oxygen atoms in total. The lowest BCUT2D eigenvalue weighted by molar-refractivity contribution is 0.442. The quantitative estimate of drug-likeness (QED) is 0.828. The maximum absolute atomic E-state index is 5.87. The molecule has 1 heterocycles. The van der Waals surface area contributed by atoms with Crippen LogP contribution in [0.3, 0.4) is 0 Å². The van der Waals surface area contributed by atoms with E-state index in [4.69, 9.17) is 18.0 Å². The Kier molecular flexibility index (Phi) is 4.11. The third kappa shape index (κ3) is 2.96. The number of hydrogen-bond donors (Lipinski definition) is 1. The molecule has 1 atom stereocenters. The second-order valence-corrected chi connectivity index (χ2v) is 4.71. The van der Waals surface area contributed by atoms with E-state index in [1.54, 1.807) is 0 Å². The lowest BCUT2D eigenvalue weighted by atomic mass is 10.1. The van der Waals surface area contributed by atoms with Crippen molar-refractivity contribution in [1.29, 1.82) is 0 Å². The lowest BCUT2D eigenvalue weighted by Gasteiger charge is -2.28. The Hall–Kier alpha value is -1.66. The minimum atomic E-state index is -0.179. The van der Waals surface area contributed by atoms with Gasteiger partial charge in [0, 0.05) is 25.2 Å². The molecule has 0 bridgehead atoms. The highest BCUT2D eigenvalue weighted by molar-refractivity contribution is 6.30. The van der Waals surface area contributed by atoms with Crippen LogP contribution in [0.2, 0.25) is 5.02 Å². The summed E-state index contributed by atoms with van der Waals surface area (Å²) in [5, 5.41) is 4.00. The summed E-state index contributed by atoms with van der Waals surface area (Å²) in [5.41, 5.74) is 1.02. The number of nitrogens with zero attached hydrogens (tertiary/aromatic N) is 2. The molecule has 1 aliphatic rings. The topological polar surface area (TPSA) is 27.6 Å². The molecule has 1 aromatic rings. The average molecular weight is 262 g/mol. The van der Waals surface area contributed by atoms with Gasteiger partial charge in [-0.25, -0.2) is 0 Å². The van der Waals surface area contributed by atoms with Gasteiger partial charge in [0.1, 0.15) is 6.04 Å². The summed E-state index contributed by atoms with van der Waals surface area (Å²) in [7, 11) is 2.01. The molecule has 18 heavy (non-hydrogen) atoms. The number of rotatable bonds is 2. The maximum Gasteiger partial charge on any atom is 0.194 e. The van der Waals surface area contributed by atoms with Gasteiger partial charge < -0.3 is 10.2 Å². The Morgan fingerprint density at radius 1 is 1.44 bits per heavy atom. The first-order valence-electron chi connectivity index (χ1n) is 5.94. The second kappa shape index (κ2) is 5.79. The smallest absolute Gasteiger partial charge is 0.194 e. The van der Waals surface area contributed by atoms with E-state index in [-0.39, 0.29) is 6.04 Å². The number of halogens is 1. The van der Waals surface area contributed by atoms with Crippen molar-refractivity contribution in [3.05, 3.63) is 34.9 Å². The van der Waals surface area contributed by atoms with Crippen LogP contribution in [0.25, 0.3) is 0 Å². The number of hydrogen-bond acceptors (Lipinski definition) is 3. The Morgan fingerprint density at radius 3 is 2.78 bits per heavy atom. The third-order valence-corrected chi connectivity index (χ3v) is 3.17. The van der Waals surface area contributed by atoms with E-state index in [1.807, 2.05) is 31.3 Å². The Morgan fingerprint density at radius 2 is 2.17 bits per heavy atom. The fourth-order valence-electron chi connectivity index (χ4n) is 1.88. The van der Waals surface area contributed by atoms with Crippen LogP contribution in [0.4, 0.5) is 0 Å². The van der Waals surface area contributed by atoms with Crippen LogP contribution in [0.5, 0.6) is 0 Å². The van der Waals surface area contributed by atoms with E-state index in [2.05, 4.69) is 21.1 Å². The SMILES string of the molecule is C#CC(NC1=NCCCN1C)c1ccc(Cl)cc1. The first kappa shape index (κ1) is 12.8. The molecular weight excluding hydrogens is 246 g/mol. The molecule has 0 aliphatic carbocycles. The monoisotopic (exact) mass is 261 g/mol. The Balaban J connectivity index is 2.13. The zero-order valence-electron chi connectivity index (χ0n) is 10.4. The minimum Gasteiger partial charge on any atom is -0.346 e. The van der Waals surface area contributed by atoms with Crippen molar-refractivity contribution >= 4 is 17.6 Å². The van der Waals surface area contributed by atoms with Gasteiger partial charge in [0.15, 0.2) is 5.96 Å². The van der Waals surface area contributed by atoms with Gasteiger partial charge in [-0.15, -0.1) is 6.42 Å². The molecule has 1 unspecified atom stereocenters. The Labute approximate surface area is 113 Å². The molecule has 0 saturated carbocycles. The zero-order valence-corrected chi connectivity index (χ0v) is 11.1.